The van der Waals surface area contributed by atoms with Crippen LogP contribution in [0.2, 0.25) is 0 Å². The number of carbonyl (C=O) groups is 2. The number of nitrogens with zero attached hydrogens (tertiary/aromatic N) is 3. The number of amides is 2. The summed E-state index contributed by atoms with van der Waals surface area (Å²) < 4.78 is 3.22. The Morgan fingerprint density at radius 2 is 2.15 bits per heavy atom. The summed E-state index contributed by atoms with van der Waals surface area (Å²) in [6.45, 7) is 8.77. The minimum absolute atomic E-state index is 0.139. The van der Waals surface area contributed by atoms with Crippen molar-refractivity contribution in [1.29, 1.82) is 0 Å². The fourth-order valence-corrected chi connectivity index (χ4v) is 5.35. The molecule has 0 radical (unpaired) electrons. The molecule has 1 aromatic carbocycles. The maximum absolute atomic E-state index is 12.3. The van der Waals surface area contributed by atoms with Gasteiger partial charge in [0.05, 0.1) is 21.7 Å². The van der Waals surface area contributed by atoms with Gasteiger partial charge in [-0.15, -0.1) is 11.8 Å². The second-order valence-electron chi connectivity index (χ2n) is 7.19. The highest BCUT2D eigenvalue weighted by Gasteiger charge is 2.20. The van der Waals surface area contributed by atoms with Crippen LogP contribution in [0, 0.1) is 12.8 Å². The summed E-state index contributed by atoms with van der Waals surface area (Å²) in [6, 6.07) is 6.29. The van der Waals surface area contributed by atoms with Crippen LogP contribution < -0.4 is 4.80 Å². The van der Waals surface area contributed by atoms with Gasteiger partial charge >= 0.3 is 0 Å². The molecule has 2 aromatic rings. The summed E-state index contributed by atoms with van der Waals surface area (Å²) in [5.41, 5.74) is 2.31. The molecule has 1 fully saturated rings. The normalized spacial score (nSPS) is 18.3. The number of carbonyl (C=O) groups excluding carboxylic acids is 2. The molecule has 7 heteroatoms. The Bertz CT molecular complexity index is 900. The zero-order valence-electron chi connectivity index (χ0n) is 16.2. The predicted octanol–water partition coefficient (Wildman–Crippen LogP) is 3.45. The molecule has 27 heavy (non-hydrogen) atoms. The number of aryl methyl sites for hydroxylation is 2. The Balaban J connectivity index is 1.62. The number of piperidine rings is 1. The van der Waals surface area contributed by atoms with E-state index in [2.05, 4.69) is 48.5 Å². The van der Waals surface area contributed by atoms with Crippen molar-refractivity contribution in [3.63, 3.8) is 0 Å². The van der Waals surface area contributed by atoms with E-state index in [1.54, 1.807) is 11.3 Å². The lowest BCUT2D eigenvalue weighted by molar-refractivity contribution is -0.130. The number of likely N-dealkylation sites (tertiary alicyclic amines) is 1. The molecule has 1 saturated heterocycles. The third kappa shape index (κ3) is 5.02. The van der Waals surface area contributed by atoms with E-state index in [1.807, 2.05) is 4.90 Å². The Kier molecular flexibility index (Phi) is 6.76. The van der Waals surface area contributed by atoms with Crippen LogP contribution in [0.15, 0.2) is 23.2 Å². The number of rotatable bonds is 5. The molecule has 0 N–H and O–H groups in total. The average molecular weight is 406 g/mol. The monoisotopic (exact) mass is 405 g/mol. The van der Waals surface area contributed by atoms with Crippen molar-refractivity contribution in [2.75, 3.05) is 24.6 Å². The van der Waals surface area contributed by atoms with Crippen molar-refractivity contribution < 1.29 is 9.59 Å². The lowest BCUT2D eigenvalue weighted by Gasteiger charge is -2.30. The van der Waals surface area contributed by atoms with Gasteiger partial charge in [0.15, 0.2) is 4.80 Å². The van der Waals surface area contributed by atoms with E-state index in [1.165, 1.54) is 23.7 Å². The Labute approximate surface area is 168 Å². The Morgan fingerprint density at radius 1 is 1.33 bits per heavy atom. The Morgan fingerprint density at radius 3 is 2.89 bits per heavy atom. The summed E-state index contributed by atoms with van der Waals surface area (Å²) in [5, 5.41) is 0. The highest BCUT2D eigenvalue weighted by atomic mass is 32.2. The molecule has 146 valence electrons. The van der Waals surface area contributed by atoms with E-state index < -0.39 is 0 Å². The molecule has 2 heterocycles. The fourth-order valence-electron chi connectivity index (χ4n) is 3.44. The largest absolute Gasteiger partial charge is 0.342 e. The molecule has 0 unspecified atom stereocenters. The van der Waals surface area contributed by atoms with E-state index in [4.69, 9.17) is 0 Å². The zero-order valence-corrected chi connectivity index (χ0v) is 17.9. The van der Waals surface area contributed by atoms with Crippen LogP contribution in [0.3, 0.4) is 0 Å². The number of aromatic nitrogens is 1. The third-order valence-corrected chi connectivity index (χ3v) is 6.78. The van der Waals surface area contributed by atoms with Gasteiger partial charge < -0.3 is 9.47 Å². The molecule has 5 nitrogen and oxygen atoms in total. The van der Waals surface area contributed by atoms with E-state index in [-0.39, 0.29) is 17.6 Å². The van der Waals surface area contributed by atoms with Gasteiger partial charge in [-0.1, -0.05) is 24.3 Å². The smallest absolute Gasteiger partial charge is 0.258 e. The van der Waals surface area contributed by atoms with Gasteiger partial charge in [0.2, 0.25) is 5.91 Å². The number of hydrogen-bond donors (Lipinski definition) is 0. The summed E-state index contributed by atoms with van der Waals surface area (Å²) in [5.74, 6) is 1.13. The molecule has 0 aliphatic carbocycles. The highest BCUT2D eigenvalue weighted by Crippen LogP contribution is 2.19. The quantitative estimate of drug-likeness (QED) is 0.766. The van der Waals surface area contributed by atoms with Crippen LogP contribution in [0.4, 0.5) is 0 Å². The average Bonchev–Trinajstić information content (AvgIpc) is 2.97. The number of hydrogen-bond acceptors (Lipinski definition) is 4. The van der Waals surface area contributed by atoms with Crippen molar-refractivity contribution in [2.45, 2.75) is 40.2 Å². The molecular weight excluding hydrogens is 378 g/mol. The number of thiazole rings is 1. The van der Waals surface area contributed by atoms with Crippen LogP contribution in [-0.4, -0.2) is 45.9 Å². The van der Waals surface area contributed by atoms with Crippen molar-refractivity contribution in [3.8, 4) is 0 Å². The second kappa shape index (κ2) is 9.06. The second-order valence-corrected chi connectivity index (χ2v) is 9.18. The minimum atomic E-state index is -0.176. The molecule has 2 amide bonds. The van der Waals surface area contributed by atoms with Gasteiger partial charge in [0.1, 0.15) is 0 Å². The van der Waals surface area contributed by atoms with E-state index >= 15 is 0 Å². The van der Waals surface area contributed by atoms with Crippen LogP contribution in [0.1, 0.15) is 32.3 Å². The van der Waals surface area contributed by atoms with Crippen LogP contribution in [0.25, 0.3) is 10.2 Å². The maximum atomic E-state index is 12.3. The molecule has 1 aliphatic heterocycles. The molecule has 0 spiro atoms. The number of benzene rings is 1. The summed E-state index contributed by atoms with van der Waals surface area (Å²) >= 11 is 2.91. The summed E-state index contributed by atoms with van der Waals surface area (Å²) in [7, 11) is 0. The van der Waals surface area contributed by atoms with Crippen LogP contribution in [-0.2, 0) is 16.1 Å². The fraction of sp³-hybridized carbons (Fsp3) is 0.550. The lowest BCUT2D eigenvalue weighted by Crippen LogP contribution is -2.40. The van der Waals surface area contributed by atoms with Gasteiger partial charge in [-0.05, 0) is 50.3 Å². The summed E-state index contributed by atoms with van der Waals surface area (Å²) in [4.78, 5) is 31.6. The molecule has 1 aromatic heterocycles. The van der Waals surface area contributed by atoms with Gasteiger partial charge in [-0.25, -0.2) is 0 Å². The van der Waals surface area contributed by atoms with E-state index in [9.17, 15) is 9.59 Å². The first kappa shape index (κ1) is 20.1. The standard InChI is InChI=1S/C20H27N3O2S2/c1-4-23-16-8-7-14(2)10-17(16)27-20(23)21-18(24)12-26-13-19(25)22-9-5-6-15(3)11-22/h7-8,10,15H,4-6,9,11-13H2,1-3H3/t15-/m1/s1. The molecule has 1 aliphatic rings. The number of fused-ring (bicyclic) bond motifs is 1. The van der Waals surface area contributed by atoms with Crippen molar-refractivity contribution >= 4 is 45.1 Å². The minimum Gasteiger partial charge on any atom is -0.342 e. The topological polar surface area (TPSA) is 54.7 Å². The molecule has 3 rings (SSSR count). The van der Waals surface area contributed by atoms with Crippen molar-refractivity contribution in [2.24, 2.45) is 10.9 Å². The van der Waals surface area contributed by atoms with E-state index in [0.29, 0.717) is 11.7 Å². The zero-order chi connectivity index (χ0) is 19.4. The first-order valence-corrected chi connectivity index (χ1v) is 11.5. The maximum Gasteiger partial charge on any atom is 0.258 e. The van der Waals surface area contributed by atoms with Gasteiger partial charge in [-0.3, -0.25) is 9.59 Å². The van der Waals surface area contributed by atoms with Gasteiger partial charge in [0.25, 0.3) is 5.91 Å². The first-order valence-electron chi connectivity index (χ1n) is 9.51. The molecule has 1 atom stereocenters. The van der Waals surface area contributed by atoms with Gasteiger partial charge in [0, 0.05) is 19.6 Å². The number of thioether (sulfide) groups is 1. The molecule has 0 bridgehead atoms. The predicted molar refractivity (Wildman–Crippen MR) is 113 cm³/mol. The third-order valence-electron chi connectivity index (χ3n) is 4.84. The van der Waals surface area contributed by atoms with Crippen LogP contribution in [0.5, 0.6) is 0 Å². The first-order chi connectivity index (χ1) is 13.0. The van der Waals surface area contributed by atoms with Gasteiger partial charge in [-0.2, -0.15) is 4.99 Å². The molecule has 0 saturated carbocycles. The summed E-state index contributed by atoms with van der Waals surface area (Å²) in [6.07, 6.45) is 2.27. The van der Waals surface area contributed by atoms with E-state index in [0.717, 1.165) is 41.1 Å². The highest BCUT2D eigenvalue weighted by molar-refractivity contribution is 8.00. The lowest BCUT2D eigenvalue weighted by atomic mass is 10.0. The SMILES string of the molecule is CCn1c(=NC(=O)CSCC(=O)N2CCC[C@@H](C)C2)sc2cc(C)ccc21. The van der Waals surface area contributed by atoms with Crippen molar-refractivity contribution in [1.82, 2.24) is 9.47 Å². The van der Waals surface area contributed by atoms with Crippen molar-refractivity contribution in [3.05, 3.63) is 28.6 Å². The van der Waals surface area contributed by atoms with Crippen LogP contribution >= 0.6 is 23.1 Å². The Hall–Kier alpha value is -1.60. The molecular formula is C20H27N3O2S2.